The van der Waals surface area contributed by atoms with E-state index in [1.165, 1.54) is 36.0 Å². The van der Waals surface area contributed by atoms with Crippen LogP contribution in [0.25, 0.3) is 5.57 Å². The maximum atomic E-state index is 10.4. The molecule has 0 spiro atoms. The van der Waals surface area contributed by atoms with Crippen LogP contribution in [0.4, 0.5) is 0 Å². The fourth-order valence-electron chi connectivity index (χ4n) is 3.69. The van der Waals surface area contributed by atoms with Crippen LogP contribution in [-0.4, -0.2) is 17.8 Å². The van der Waals surface area contributed by atoms with Crippen LogP contribution in [0.2, 0.25) is 0 Å². The lowest BCUT2D eigenvalue weighted by molar-refractivity contribution is 0.0858. The first-order valence-electron chi connectivity index (χ1n) is 8.46. The van der Waals surface area contributed by atoms with Gasteiger partial charge in [-0.2, -0.15) is 0 Å². The first-order chi connectivity index (χ1) is 10.7. The molecule has 0 aromatic heterocycles. The van der Waals surface area contributed by atoms with Gasteiger partial charge in [0.25, 0.3) is 0 Å². The summed E-state index contributed by atoms with van der Waals surface area (Å²) in [6.07, 6.45) is 8.72. The van der Waals surface area contributed by atoms with Gasteiger partial charge in [0.15, 0.2) is 0 Å². The molecule has 1 fully saturated rings. The number of aliphatic hydroxyl groups excluding tert-OH is 1. The zero-order chi connectivity index (χ0) is 15.4. The number of ether oxygens (including phenoxy) is 1. The SMILES string of the molecule is C=C(/C=C1/COCc2ccccc21)CC(O)C1CCCCC1. The Hall–Kier alpha value is -1.38. The molecule has 1 aromatic rings. The molecule has 2 nitrogen and oxygen atoms in total. The standard InChI is InChI=1S/C20H26O2/c1-15(12-20(21)16-7-3-2-4-8-16)11-18-14-22-13-17-9-5-6-10-19(17)18/h5-6,9-11,16,20-21H,1-4,7-8,12-14H2/b18-11-. The lowest BCUT2D eigenvalue weighted by Gasteiger charge is -2.27. The second-order valence-corrected chi connectivity index (χ2v) is 6.65. The van der Waals surface area contributed by atoms with Crippen molar-refractivity contribution >= 4 is 5.57 Å². The monoisotopic (exact) mass is 298 g/mol. The predicted molar refractivity (Wildman–Crippen MR) is 90.4 cm³/mol. The topological polar surface area (TPSA) is 29.5 Å². The largest absolute Gasteiger partial charge is 0.392 e. The van der Waals surface area contributed by atoms with E-state index in [0.717, 1.165) is 18.4 Å². The van der Waals surface area contributed by atoms with Gasteiger partial charge in [-0.1, -0.05) is 61.8 Å². The molecule has 1 saturated carbocycles. The van der Waals surface area contributed by atoms with Gasteiger partial charge in [-0.3, -0.25) is 0 Å². The summed E-state index contributed by atoms with van der Waals surface area (Å²) in [5.41, 5.74) is 4.69. The van der Waals surface area contributed by atoms with E-state index in [9.17, 15) is 5.11 Å². The molecule has 0 saturated heterocycles. The Morgan fingerprint density at radius 1 is 1.23 bits per heavy atom. The van der Waals surface area contributed by atoms with E-state index in [1.807, 2.05) is 6.07 Å². The van der Waals surface area contributed by atoms with Crippen molar-refractivity contribution in [1.29, 1.82) is 0 Å². The number of benzene rings is 1. The second-order valence-electron chi connectivity index (χ2n) is 6.65. The molecular weight excluding hydrogens is 272 g/mol. The quantitative estimate of drug-likeness (QED) is 0.887. The molecule has 1 heterocycles. The van der Waals surface area contributed by atoms with Gasteiger partial charge in [0.1, 0.15) is 0 Å². The number of aliphatic hydroxyl groups is 1. The number of allylic oxidation sites excluding steroid dienone is 1. The number of hydrogen-bond donors (Lipinski definition) is 1. The Balaban J connectivity index is 1.66. The second kappa shape index (κ2) is 7.26. The van der Waals surface area contributed by atoms with Crippen molar-refractivity contribution in [3.8, 4) is 0 Å². The Labute approximate surface area is 133 Å². The molecule has 0 amide bonds. The third-order valence-corrected chi connectivity index (χ3v) is 4.92. The van der Waals surface area contributed by atoms with E-state index in [0.29, 0.717) is 25.6 Å². The smallest absolute Gasteiger partial charge is 0.0727 e. The summed E-state index contributed by atoms with van der Waals surface area (Å²) in [6, 6.07) is 8.38. The highest BCUT2D eigenvalue weighted by Gasteiger charge is 2.22. The van der Waals surface area contributed by atoms with Gasteiger partial charge in [-0.25, -0.2) is 0 Å². The fraction of sp³-hybridized carbons (Fsp3) is 0.500. The minimum Gasteiger partial charge on any atom is -0.392 e. The molecule has 3 rings (SSSR count). The zero-order valence-corrected chi connectivity index (χ0v) is 13.3. The molecule has 118 valence electrons. The highest BCUT2D eigenvalue weighted by Crippen LogP contribution is 2.31. The molecule has 1 aromatic carbocycles. The molecule has 22 heavy (non-hydrogen) atoms. The molecule has 2 heteroatoms. The molecule has 1 unspecified atom stereocenters. The predicted octanol–water partition coefficient (Wildman–Crippen LogP) is 4.49. The molecule has 1 aliphatic heterocycles. The summed E-state index contributed by atoms with van der Waals surface area (Å²) < 4.78 is 5.66. The summed E-state index contributed by atoms with van der Waals surface area (Å²) in [4.78, 5) is 0. The Morgan fingerprint density at radius 2 is 2.00 bits per heavy atom. The first kappa shape index (κ1) is 15.5. The third-order valence-electron chi connectivity index (χ3n) is 4.92. The van der Waals surface area contributed by atoms with Crippen LogP contribution in [0.15, 0.2) is 42.5 Å². The van der Waals surface area contributed by atoms with E-state index in [-0.39, 0.29) is 6.10 Å². The number of hydrogen-bond acceptors (Lipinski definition) is 2. The number of rotatable bonds is 4. The summed E-state index contributed by atoms with van der Waals surface area (Å²) >= 11 is 0. The van der Waals surface area contributed by atoms with Crippen molar-refractivity contribution in [3.63, 3.8) is 0 Å². The summed E-state index contributed by atoms with van der Waals surface area (Å²) in [6.45, 7) is 5.48. The molecule has 1 aliphatic carbocycles. The van der Waals surface area contributed by atoms with E-state index < -0.39 is 0 Å². The van der Waals surface area contributed by atoms with Gasteiger partial charge in [-0.05, 0) is 41.9 Å². The van der Waals surface area contributed by atoms with E-state index in [4.69, 9.17) is 4.74 Å². The van der Waals surface area contributed by atoms with Crippen molar-refractivity contribution in [1.82, 2.24) is 0 Å². The average Bonchev–Trinajstić information content (AvgIpc) is 2.56. The van der Waals surface area contributed by atoms with Crippen LogP contribution in [0.1, 0.15) is 49.7 Å². The highest BCUT2D eigenvalue weighted by molar-refractivity contribution is 5.72. The Bertz CT molecular complexity index is 553. The molecule has 0 radical (unpaired) electrons. The van der Waals surface area contributed by atoms with Gasteiger partial charge in [0.05, 0.1) is 19.3 Å². The minimum absolute atomic E-state index is 0.246. The van der Waals surface area contributed by atoms with E-state index in [2.05, 4.69) is 30.9 Å². The van der Waals surface area contributed by atoms with Crippen LogP contribution < -0.4 is 0 Å². The summed E-state index contributed by atoms with van der Waals surface area (Å²) in [7, 11) is 0. The van der Waals surface area contributed by atoms with Crippen LogP contribution in [0.5, 0.6) is 0 Å². The van der Waals surface area contributed by atoms with Crippen molar-refractivity contribution < 1.29 is 9.84 Å². The molecule has 1 atom stereocenters. The van der Waals surface area contributed by atoms with Crippen LogP contribution in [-0.2, 0) is 11.3 Å². The highest BCUT2D eigenvalue weighted by atomic mass is 16.5. The lowest BCUT2D eigenvalue weighted by Crippen LogP contribution is -2.23. The van der Waals surface area contributed by atoms with Crippen molar-refractivity contribution in [2.24, 2.45) is 5.92 Å². The Kier molecular flexibility index (Phi) is 5.12. The summed E-state index contributed by atoms with van der Waals surface area (Å²) in [5, 5.41) is 10.4. The van der Waals surface area contributed by atoms with Crippen LogP contribution in [0, 0.1) is 5.92 Å². The van der Waals surface area contributed by atoms with E-state index >= 15 is 0 Å². The van der Waals surface area contributed by atoms with Crippen molar-refractivity contribution in [2.45, 2.75) is 51.2 Å². The maximum Gasteiger partial charge on any atom is 0.0727 e. The zero-order valence-electron chi connectivity index (χ0n) is 13.3. The molecule has 0 bridgehead atoms. The van der Waals surface area contributed by atoms with Gasteiger partial charge in [0, 0.05) is 0 Å². The van der Waals surface area contributed by atoms with Gasteiger partial charge in [-0.15, -0.1) is 0 Å². The van der Waals surface area contributed by atoms with Crippen molar-refractivity contribution in [2.75, 3.05) is 6.61 Å². The van der Waals surface area contributed by atoms with Gasteiger partial charge < -0.3 is 9.84 Å². The van der Waals surface area contributed by atoms with E-state index in [1.54, 1.807) is 0 Å². The maximum absolute atomic E-state index is 10.4. The lowest BCUT2D eigenvalue weighted by atomic mass is 9.83. The third kappa shape index (κ3) is 3.68. The van der Waals surface area contributed by atoms with Crippen LogP contribution in [0.3, 0.4) is 0 Å². The van der Waals surface area contributed by atoms with Gasteiger partial charge in [0.2, 0.25) is 0 Å². The summed E-state index contributed by atoms with van der Waals surface area (Å²) in [5.74, 6) is 0.457. The minimum atomic E-state index is -0.246. The average molecular weight is 298 g/mol. The molecule has 1 N–H and O–H groups in total. The van der Waals surface area contributed by atoms with Crippen molar-refractivity contribution in [3.05, 3.63) is 53.6 Å². The van der Waals surface area contributed by atoms with Gasteiger partial charge >= 0.3 is 0 Å². The van der Waals surface area contributed by atoms with Crippen LogP contribution >= 0.6 is 0 Å². The molecule has 2 aliphatic rings. The Morgan fingerprint density at radius 3 is 2.82 bits per heavy atom. The normalized spacial score (nSPS) is 22.3. The first-order valence-corrected chi connectivity index (χ1v) is 8.46. The molecular formula is C20H26O2. The fourth-order valence-corrected chi connectivity index (χ4v) is 3.69. The number of fused-ring (bicyclic) bond motifs is 1.